The minimum absolute atomic E-state index is 0.107. The number of amides is 1. The van der Waals surface area contributed by atoms with Gasteiger partial charge in [-0.1, -0.05) is 60.6 Å². The molecule has 2 unspecified atom stereocenters. The Labute approximate surface area is 159 Å². The van der Waals surface area contributed by atoms with Crippen LogP contribution >= 0.6 is 34.7 Å². The van der Waals surface area contributed by atoms with Crippen molar-refractivity contribution in [3.63, 3.8) is 0 Å². The summed E-state index contributed by atoms with van der Waals surface area (Å²) < 4.78 is 0.492. The van der Waals surface area contributed by atoms with Crippen molar-refractivity contribution in [2.45, 2.75) is 18.8 Å². The van der Waals surface area contributed by atoms with Gasteiger partial charge in [-0.3, -0.25) is 15.1 Å². The van der Waals surface area contributed by atoms with Crippen LogP contribution in [0.1, 0.15) is 29.2 Å². The molecule has 1 N–H and O–H groups in total. The zero-order chi connectivity index (χ0) is 18.4. The smallest absolute Gasteiger partial charge is 0.243 e. The molecule has 0 saturated carbocycles. The van der Waals surface area contributed by atoms with E-state index in [-0.39, 0.29) is 11.1 Å². The van der Waals surface area contributed by atoms with Crippen LogP contribution in [0.15, 0.2) is 36.5 Å². The number of aldehydes is 1. The lowest BCUT2D eigenvalue weighted by molar-refractivity contribution is -0.130. The Bertz CT molecular complexity index is 751. The lowest BCUT2D eigenvalue weighted by atomic mass is 9.99. The van der Waals surface area contributed by atoms with Crippen molar-refractivity contribution >= 4 is 52.1 Å². The lowest BCUT2D eigenvalue weighted by Crippen LogP contribution is -2.35. The van der Waals surface area contributed by atoms with E-state index >= 15 is 0 Å². The first-order valence-electron chi connectivity index (χ1n) is 7.54. The van der Waals surface area contributed by atoms with E-state index in [4.69, 9.17) is 17.0 Å². The number of carbonyl (C=O) groups is 2. The number of hydrogen-bond acceptors (Lipinski definition) is 6. The Kier molecular flexibility index (Phi) is 7.16. The Morgan fingerprint density at radius 2 is 2.12 bits per heavy atom. The maximum absolute atomic E-state index is 12.5. The summed E-state index contributed by atoms with van der Waals surface area (Å²) in [5.41, 5.74) is 0.625. The number of nitrogens with zero attached hydrogens (tertiary/aromatic N) is 2. The molecular weight excluding hydrogens is 378 g/mol. The van der Waals surface area contributed by atoms with E-state index in [1.165, 1.54) is 35.0 Å². The number of nitrogens with one attached hydrogen (secondary N) is 1. The van der Waals surface area contributed by atoms with Gasteiger partial charge in [-0.2, -0.15) is 0 Å². The van der Waals surface area contributed by atoms with Crippen molar-refractivity contribution in [1.29, 1.82) is 5.41 Å². The maximum Gasteiger partial charge on any atom is 0.243 e. The predicted octanol–water partition coefficient (Wildman–Crippen LogP) is 4.01. The second-order valence-electron chi connectivity index (χ2n) is 5.45. The molecule has 2 aromatic rings. The number of benzene rings is 1. The summed E-state index contributed by atoms with van der Waals surface area (Å²) in [6.07, 6.45) is 2.35. The number of amidine groups is 1. The average molecular weight is 396 g/mol. The summed E-state index contributed by atoms with van der Waals surface area (Å²) >= 11 is 8.51. The Morgan fingerprint density at radius 3 is 2.68 bits per heavy atom. The number of carbonyl (C=O) groups excluding carboxylic acids is 2. The van der Waals surface area contributed by atoms with Crippen LogP contribution in [0.3, 0.4) is 0 Å². The van der Waals surface area contributed by atoms with E-state index in [1.807, 2.05) is 13.0 Å². The molecule has 0 aliphatic rings. The van der Waals surface area contributed by atoms with Gasteiger partial charge < -0.3 is 4.79 Å². The number of aromatic nitrogens is 1. The highest BCUT2D eigenvalue weighted by Crippen LogP contribution is 2.28. The highest BCUT2D eigenvalue weighted by Gasteiger charge is 2.26. The molecular formula is C17H18ClN3O2S2. The summed E-state index contributed by atoms with van der Waals surface area (Å²) in [6.45, 7) is 2.02. The molecule has 2 rings (SSSR count). The SMILES string of the molecule is CC(CSC(=N)N(C)C(=O)C(C=O)c1ccccc1)c1cnc(Cl)s1. The number of thioether (sulfide) groups is 1. The van der Waals surface area contributed by atoms with Crippen LogP contribution in [0.25, 0.3) is 0 Å². The molecule has 0 aliphatic heterocycles. The second-order valence-corrected chi connectivity index (χ2v) is 8.11. The summed E-state index contributed by atoms with van der Waals surface area (Å²) in [6, 6.07) is 8.85. The molecule has 0 aliphatic carbocycles. The highest BCUT2D eigenvalue weighted by atomic mass is 35.5. The monoisotopic (exact) mass is 395 g/mol. The first kappa shape index (κ1) is 19.6. The van der Waals surface area contributed by atoms with Crippen LogP contribution in [0.5, 0.6) is 0 Å². The predicted molar refractivity (Wildman–Crippen MR) is 104 cm³/mol. The molecule has 2 atom stereocenters. The van der Waals surface area contributed by atoms with Crippen LogP contribution in [0.2, 0.25) is 4.47 Å². The number of hydrogen-bond donors (Lipinski definition) is 1. The molecule has 0 saturated heterocycles. The fraction of sp³-hybridized carbons (Fsp3) is 0.294. The van der Waals surface area contributed by atoms with Crippen LogP contribution in [0, 0.1) is 5.41 Å². The fourth-order valence-electron chi connectivity index (χ4n) is 2.12. The molecule has 132 valence electrons. The van der Waals surface area contributed by atoms with E-state index in [1.54, 1.807) is 30.5 Å². The van der Waals surface area contributed by atoms with Gasteiger partial charge in [-0.05, 0) is 5.56 Å². The van der Waals surface area contributed by atoms with E-state index in [0.29, 0.717) is 22.1 Å². The molecule has 25 heavy (non-hydrogen) atoms. The van der Waals surface area contributed by atoms with Crippen molar-refractivity contribution in [3.05, 3.63) is 51.4 Å². The normalized spacial score (nSPS) is 13.1. The molecule has 0 bridgehead atoms. The van der Waals surface area contributed by atoms with Crippen LogP contribution in [-0.4, -0.2) is 40.0 Å². The fourth-order valence-corrected chi connectivity index (χ4v) is 4.11. The number of halogens is 1. The zero-order valence-electron chi connectivity index (χ0n) is 13.8. The standard InChI is InChI=1S/C17H18ClN3O2S2/c1-11(14-8-20-16(18)25-14)10-24-17(19)21(2)15(23)13(9-22)12-6-4-3-5-7-12/h3-9,11,13,19H,10H2,1-2H3. The number of rotatable bonds is 6. The molecule has 0 radical (unpaired) electrons. The van der Waals surface area contributed by atoms with Crippen LogP contribution in [-0.2, 0) is 9.59 Å². The first-order chi connectivity index (χ1) is 11.9. The summed E-state index contributed by atoms with van der Waals surface area (Å²) in [5, 5.41) is 8.24. The van der Waals surface area contributed by atoms with Gasteiger partial charge in [-0.15, -0.1) is 11.3 Å². The minimum Gasteiger partial charge on any atom is -0.302 e. The van der Waals surface area contributed by atoms with Crippen molar-refractivity contribution in [2.75, 3.05) is 12.8 Å². The Hall–Kier alpha value is -1.70. The van der Waals surface area contributed by atoms with E-state index in [0.717, 1.165) is 4.88 Å². The second kappa shape index (κ2) is 9.12. The minimum atomic E-state index is -0.898. The van der Waals surface area contributed by atoms with Gasteiger partial charge in [0.25, 0.3) is 0 Å². The van der Waals surface area contributed by atoms with Crippen molar-refractivity contribution < 1.29 is 9.59 Å². The van der Waals surface area contributed by atoms with Gasteiger partial charge in [0, 0.05) is 29.8 Å². The Balaban J connectivity index is 1.96. The van der Waals surface area contributed by atoms with Crippen molar-refractivity contribution in [1.82, 2.24) is 9.88 Å². The first-order valence-corrected chi connectivity index (χ1v) is 9.72. The maximum atomic E-state index is 12.5. The molecule has 5 nitrogen and oxygen atoms in total. The van der Waals surface area contributed by atoms with Gasteiger partial charge in [0.15, 0.2) is 9.63 Å². The molecule has 0 fully saturated rings. The third-order valence-corrected chi connectivity index (χ3v) is 6.21. The van der Waals surface area contributed by atoms with Crippen LogP contribution < -0.4 is 0 Å². The molecule has 1 aromatic heterocycles. The van der Waals surface area contributed by atoms with Gasteiger partial charge in [-0.25, -0.2) is 4.98 Å². The summed E-state index contributed by atoms with van der Waals surface area (Å²) in [5.74, 6) is -0.529. The molecule has 1 amide bonds. The van der Waals surface area contributed by atoms with E-state index in [9.17, 15) is 9.59 Å². The van der Waals surface area contributed by atoms with Crippen LogP contribution in [0.4, 0.5) is 0 Å². The third kappa shape index (κ3) is 5.14. The topological polar surface area (TPSA) is 74.1 Å². The number of likely N-dealkylation sites (N-methyl/N-ethyl adjacent to an activating group) is 1. The zero-order valence-corrected chi connectivity index (χ0v) is 16.2. The average Bonchev–Trinajstić information content (AvgIpc) is 3.06. The molecule has 0 spiro atoms. The molecule has 8 heteroatoms. The largest absolute Gasteiger partial charge is 0.302 e. The highest BCUT2D eigenvalue weighted by molar-refractivity contribution is 8.13. The van der Waals surface area contributed by atoms with Gasteiger partial charge in [0.05, 0.1) is 0 Å². The molecule has 1 aromatic carbocycles. The van der Waals surface area contributed by atoms with Gasteiger partial charge >= 0.3 is 0 Å². The van der Waals surface area contributed by atoms with Gasteiger partial charge in [0.2, 0.25) is 5.91 Å². The lowest BCUT2D eigenvalue weighted by Gasteiger charge is -2.21. The quantitative estimate of drug-likeness (QED) is 0.347. The van der Waals surface area contributed by atoms with Crippen molar-refractivity contribution in [3.8, 4) is 0 Å². The summed E-state index contributed by atoms with van der Waals surface area (Å²) in [7, 11) is 1.52. The third-order valence-electron chi connectivity index (χ3n) is 3.65. The van der Waals surface area contributed by atoms with E-state index < -0.39 is 11.8 Å². The Morgan fingerprint density at radius 1 is 1.44 bits per heavy atom. The van der Waals surface area contributed by atoms with Crippen molar-refractivity contribution in [2.24, 2.45) is 0 Å². The van der Waals surface area contributed by atoms with Gasteiger partial charge in [0.1, 0.15) is 12.2 Å². The molecule has 1 heterocycles. The van der Waals surface area contributed by atoms with E-state index in [2.05, 4.69) is 4.98 Å². The number of thiazole rings is 1. The summed E-state index contributed by atoms with van der Waals surface area (Å²) in [4.78, 5) is 30.2.